The van der Waals surface area contributed by atoms with Crippen molar-refractivity contribution >= 4 is 40.7 Å². The van der Waals surface area contributed by atoms with Gasteiger partial charge in [0, 0.05) is 60.0 Å². The van der Waals surface area contributed by atoms with Crippen LogP contribution in [0.25, 0.3) is 0 Å². The van der Waals surface area contributed by atoms with Crippen molar-refractivity contribution in [2.75, 3.05) is 43.2 Å². The van der Waals surface area contributed by atoms with E-state index in [1.54, 1.807) is 54.6 Å². The van der Waals surface area contributed by atoms with Crippen molar-refractivity contribution in [2.45, 2.75) is 44.2 Å². The van der Waals surface area contributed by atoms with E-state index >= 15 is 0 Å². The fourth-order valence-electron chi connectivity index (χ4n) is 5.98. The summed E-state index contributed by atoms with van der Waals surface area (Å²) in [6, 6.07) is 17.6. The van der Waals surface area contributed by atoms with Crippen molar-refractivity contribution in [1.29, 1.82) is 0 Å². The van der Waals surface area contributed by atoms with E-state index in [0.717, 1.165) is 37.8 Å². The highest BCUT2D eigenvalue weighted by Crippen LogP contribution is 2.34. The molecule has 1 saturated heterocycles. The first-order chi connectivity index (χ1) is 21.3. The highest BCUT2D eigenvalue weighted by molar-refractivity contribution is 6.31. The first-order valence-electron chi connectivity index (χ1n) is 15.1. The fourth-order valence-corrected chi connectivity index (χ4v) is 6.17. The van der Waals surface area contributed by atoms with Gasteiger partial charge in [-0.3, -0.25) is 14.4 Å². The Morgan fingerprint density at radius 3 is 2.39 bits per heavy atom. The highest BCUT2D eigenvalue weighted by Gasteiger charge is 2.25. The molecular weight excluding hydrogens is 582 g/mol. The average molecular weight is 618 g/mol. The van der Waals surface area contributed by atoms with Gasteiger partial charge in [0.15, 0.2) is 11.5 Å². The summed E-state index contributed by atoms with van der Waals surface area (Å²) in [7, 11) is 0. The van der Waals surface area contributed by atoms with Gasteiger partial charge >= 0.3 is 0 Å². The van der Waals surface area contributed by atoms with Gasteiger partial charge in [0.25, 0.3) is 17.7 Å². The minimum absolute atomic E-state index is 0.0682. The maximum absolute atomic E-state index is 13.5. The third kappa shape index (κ3) is 6.76. The van der Waals surface area contributed by atoms with Crippen molar-refractivity contribution in [3.63, 3.8) is 0 Å². The molecule has 0 spiro atoms. The number of carbonyl (C=O) groups excluding carboxylic acids is 3. The molecule has 2 heterocycles. The summed E-state index contributed by atoms with van der Waals surface area (Å²) in [6.07, 6.45) is 4.18. The average Bonchev–Trinajstić information content (AvgIpc) is 3.37. The van der Waals surface area contributed by atoms with Gasteiger partial charge in [-0.1, -0.05) is 17.7 Å². The maximum Gasteiger partial charge on any atom is 0.255 e. The fraction of sp³-hybridized carbons (Fsp3) is 0.364. The third-order valence-electron chi connectivity index (χ3n) is 8.44. The summed E-state index contributed by atoms with van der Waals surface area (Å²) >= 11 is 6.13. The number of amides is 3. The number of nitrogens with two attached hydrogens (primary N) is 1. The topological polar surface area (TPSA) is 126 Å². The van der Waals surface area contributed by atoms with Gasteiger partial charge in [0.1, 0.15) is 0 Å². The van der Waals surface area contributed by atoms with Crippen LogP contribution in [0.5, 0.6) is 11.5 Å². The number of nitrogens with one attached hydrogen (secondary N) is 2. The molecule has 230 valence electrons. The second kappa shape index (κ2) is 13.2. The van der Waals surface area contributed by atoms with Crippen LogP contribution in [0.4, 0.5) is 11.4 Å². The molecule has 1 aliphatic carbocycles. The van der Waals surface area contributed by atoms with Gasteiger partial charge in [-0.2, -0.15) is 0 Å². The largest absolute Gasteiger partial charge is 0.454 e. The van der Waals surface area contributed by atoms with E-state index in [2.05, 4.69) is 15.5 Å². The van der Waals surface area contributed by atoms with Crippen LogP contribution in [0, 0.1) is 0 Å². The second-order valence-corrected chi connectivity index (χ2v) is 11.9. The molecule has 3 aromatic carbocycles. The van der Waals surface area contributed by atoms with Gasteiger partial charge < -0.3 is 35.6 Å². The van der Waals surface area contributed by atoms with Crippen LogP contribution >= 0.6 is 11.6 Å². The molecule has 0 bridgehead atoms. The molecule has 3 amide bonds. The summed E-state index contributed by atoms with van der Waals surface area (Å²) in [6.45, 7) is 2.41. The van der Waals surface area contributed by atoms with Crippen LogP contribution in [-0.4, -0.2) is 67.7 Å². The molecule has 0 radical (unpaired) electrons. The lowest BCUT2D eigenvalue weighted by molar-refractivity contribution is 0.0766. The molecule has 11 heteroatoms. The van der Waals surface area contributed by atoms with Gasteiger partial charge in [0.05, 0.1) is 11.4 Å². The Balaban J connectivity index is 1.23. The number of halogens is 1. The quantitative estimate of drug-likeness (QED) is 0.367. The van der Waals surface area contributed by atoms with Crippen LogP contribution in [0.2, 0.25) is 5.02 Å². The van der Waals surface area contributed by atoms with E-state index in [1.807, 2.05) is 11.0 Å². The first kappa shape index (κ1) is 29.8. The number of ether oxygens (including phenoxy) is 2. The molecule has 10 nitrogen and oxygen atoms in total. The number of hydrogen-bond acceptors (Lipinski definition) is 7. The van der Waals surface area contributed by atoms with Crippen LogP contribution in [0.1, 0.15) is 63.2 Å². The Morgan fingerprint density at radius 2 is 1.57 bits per heavy atom. The Kier molecular flexibility index (Phi) is 8.90. The van der Waals surface area contributed by atoms with Crippen LogP contribution < -0.4 is 30.7 Å². The lowest BCUT2D eigenvalue weighted by Crippen LogP contribution is -2.40. The predicted octanol–water partition coefficient (Wildman–Crippen LogP) is 4.67. The second-order valence-electron chi connectivity index (χ2n) is 11.5. The van der Waals surface area contributed by atoms with E-state index < -0.39 is 0 Å². The molecule has 4 N–H and O–H groups in total. The number of benzene rings is 3. The van der Waals surface area contributed by atoms with Crippen molar-refractivity contribution in [3.05, 3.63) is 82.4 Å². The summed E-state index contributed by atoms with van der Waals surface area (Å²) in [5.41, 5.74) is 8.75. The molecule has 3 aliphatic rings. The Morgan fingerprint density at radius 1 is 0.795 bits per heavy atom. The zero-order chi connectivity index (χ0) is 30.6. The highest BCUT2D eigenvalue weighted by atomic mass is 35.5. The monoisotopic (exact) mass is 617 g/mol. The zero-order valence-electron chi connectivity index (χ0n) is 24.4. The van der Waals surface area contributed by atoms with Crippen LogP contribution in [-0.2, 0) is 0 Å². The molecule has 2 fully saturated rings. The molecule has 0 atom stereocenters. The summed E-state index contributed by atoms with van der Waals surface area (Å²) in [5, 5.41) is 6.70. The van der Waals surface area contributed by atoms with E-state index in [4.69, 9.17) is 26.8 Å². The van der Waals surface area contributed by atoms with Crippen molar-refractivity contribution < 1.29 is 23.9 Å². The molecular formula is C33H36ClN5O5. The number of fused-ring (bicyclic) bond motifs is 1. The summed E-state index contributed by atoms with van der Waals surface area (Å²) < 4.78 is 10.8. The van der Waals surface area contributed by atoms with Gasteiger partial charge in [-0.05, 0) is 86.7 Å². The number of anilines is 2. The smallest absolute Gasteiger partial charge is 0.255 e. The van der Waals surface area contributed by atoms with Crippen molar-refractivity contribution in [1.82, 2.24) is 10.2 Å². The first-order valence-corrected chi connectivity index (χ1v) is 15.4. The van der Waals surface area contributed by atoms with E-state index in [1.165, 1.54) is 0 Å². The molecule has 0 aromatic heterocycles. The third-order valence-corrected chi connectivity index (χ3v) is 8.68. The van der Waals surface area contributed by atoms with E-state index in [9.17, 15) is 14.4 Å². The molecule has 2 aliphatic heterocycles. The molecule has 3 aromatic rings. The lowest BCUT2D eigenvalue weighted by atomic mass is 9.91. The van der Waals surface area contributed by atoms with Crippen LogP contribution in [0.15, 0.2) is 60.7 Å². The van der Waals surface area contributed by atoms with E-state index in [0.29, 0.717) is 65.1 Å². The molecule has 44 heavy (non-hydrogen) atoms. The standard InChI is InChI=1S/C33H36ClN5O5/c34-24-4-1-3-23(17-24)33(42)39-14-2-13-38(15-16-39)28-11-5-21(31(40)36-26-9-7-25(35)8-10-26)18-27(28)37-32(41)22-6-12-29-30(19-22)44-20-43-29/h1,3-6,11-12,17-19,25-26H,2,7-10,13-16,20,35H2,(H,36,40)(H,37,41). The molecule has 1 saturated carbocycles. The van der Waals surface area contributed by atoms with Gasteiger partial charge in [-0.15, -0.1) is 0 Å². The number of carbonyl (C=O) groups is 3. The Bertz CT molecular complexity index is 1560. The van der Waals surface area contributed by atoms with Gasteiger partial charge in [0.2, 0.25) is 6.79 Å². The van der Waals surface area contributed by atoms with Crippen LogP contribution in [0.3, 0.4) is 0 Å². The van der Waals surface area contributed by atoms with Crippen molar-refractivity contribution in [2.24, 2.45) is 5.73 Å². The Hall–Kier alpha value is -4.28. The lowest BCUT2D eigenvalue weighted by Gasteiger charge is -2.28. The SMILES string of the molecule is NC1CCC(NC(=O)c2ccc(N3CCCN(C(=O)c4cccc(Cl)c4)CC3)c(NC(=O)c3ccc4c(c3)OCO4)c2)CC1. The van der Waals surface area contributed by atoms with Gasteiger partial charge in [-0.25, -0.2) is 0 Å². The minimum atomic E-state index is -0.337. The van der Waals surface area contributed by atoms with E-state index in [-0.39, 0.29) is 36.6 Å². The number of hydrogen-bond donors (Lipinski definition) is 3. The normalized spacial score (nSPS) is 19.7. The minimum Gasteiger partial charge on any atom is -0.454 e. The number of nitrogens with zero attached hydrogens (tertiary/aromatic N) is 2. The molecule has 0 unspecified atom stereocenters. The molecule has 6 rings (SSSR count). The van der Waals surface area contributed by atoms with Crippen molar-refractivity contribution in [3.8, 4) is 11.5 Å². The number of rotatable bonds is 6. The zero-order valence-corrected chi connectivity index (χ0v) is 25.1. The maximum atomic E-state index is 13.5. The summed E-state index contributed by atoms with van der Waals surface area (Å²) in [4.78, 5) is 44.0. The summed E-state index contributed by atoms with van der Waals surface area (Å²) in [5.74, 6) is 0.503. The predicted molar refractivity (Wildman–Crippen MR) is 169 cm³/mol. The Labute approximate surface area is 261 Å².